The van der Waals surface area contributed by atoms with Gasteiger partial charge in [-0.3, -0.25) is 4.98 Å². The van der Waals surface area contributed by atoms with E-state index in [9.17, 15) is 0 Å². The first kappa shape index (κ1) is 11.6. The molecule has 0 amide bonds. The van der Waals surface area contributed by atoms with Gasteiger partial charge in [-0.25, -0.2) is 0 Å². The Morgan fingerprint density at radius 2 is 2.25 bits per heavy atom. The third kappa shape index (κ3) is 2.12. The van der Waals surface area contributed by atoms with Gasteiger partial charge in [0, 0.05) is 11.1 Å². The van der Waals surface area contributed by atoms with Crippen LogP contribution in [-0.2, 0) is 0 Å². The topological polar surface area (TPSA) is 24.9 Å². The number of halogens is 1. The van der Waals surface area contributed by atoms with Gasteiger partial charge in [0.1, 0.15) is 0 Å². The van der Waals surface area contributed by atoms with Crippen LogP contribution in [0, 0.1) is 6.92 Å². The van der Waals surface area contributed by atoms with Crippen molar-refractivity contribution in [2.45, 2.75) is 13.0 Å². The van der Waals surface area contributed by atoms with Crippen molar-refractivity contribution in [2.75, 3.05) is 7.05 Å². The first-order valence-electron chi connectivity index (χ1n) is 5.05. The summed E-state index contributed by atoms with van der Waals surface area (Å²) in [5, 5.41) is 6.07. The van der Waals surface area contributed by atoms with Crippen molar-refractivity contribution in [3.8, 4) is 0 Å². The molecular weight excluding hydrogens is 240 g/mol. The minimum absolute atomic E-state index is 0.0775. The van der Waals surface area contributed by atoms with E-state index in [0.717, 1.165) is 15.6 Å². The molecule has 2 nitrogen and oxygen atoms in total. The number of nitrogens with zero attached hydrogens (tertiary/aromatic N) is 1. The van der Waals surface area contributed by atoms with E-state index in [1.54, 1.807) is 11.3 Å². The number of hydrogen-bond acceptors (Lipinski definition) is 3. The maximum atomic E-state index is 6.16. The minimum Gasteiger partial charge on any atom is -0.307 e. The predicted molar refractivity (Wildman–Crippen MR) is 69.2 cm³/mol. The van der Waals surface area contributed by atoms with Gasteiger partial charge in [-0.2, -0.15) is 0 Å². The number of thiophene rings is 1. The van der Waals surface area contributed by atoms with Crippen molar-refractivity contribution in [3.63, 3.8) is 0 Å². The molecule has 0 saturated carbocycles. The zero-order valence-corrected chi connectivity index (χ0v) is 10.8. The highest BCUT2D eigenvalue weighted by molar-refractivity contribution is 7.10. The number of nitrogens with one attached hydrogen (secondary N) is 1. The fourth-order valence-corrected chi connectivity index (χ4v) is 2.98. The molecule has 0 aliphatic rings. The molecule has 84 valence electrons. The Morgan fingerprint density at radius 3 is 2.81 bits per heavy atom. The summed E-state index contributed by atoms with van der Waals surface area (Å²) in [6, 6.07) is 6.01. The van der Waals surface area contributed by atoms with E-state index in [1.807, 2.05) is 30.8 Å². The van der Waals surface area contributed by atoms with Crippen LogP contribution in [-0.4, -0.2) is 12.0 Å². The summed E-state index contributed by atoms with van der Waals surface area (Å²) < 4.78 is 0. The van der Waals surface area contributed by atoms with E-state index in [-0.39, 0.29) is 6.04 Å². The van der Waals surface area contributed by atoms with Gasteiger partial charge in [0.05, 0.1) is 16.8 Å². The Labute approximate surface area is 104 Å². The van der Waals surface area contributed by atoms with E-state index < -0.39 is 0 Å². The number of hydrogen-bond donors (Lipinski definition) is 1. The average Bonchev–Trinajstić information content (AvgIpc) is 2.69. The van der Waals surface area contributed by atoms with Crippen LogP contribution in [0.2, 0.25) is 5.02 Å². The average molecular weight is 253 g/mol. The molecule has 0 aliphatic carbocycles. The van der Waals surface area contributed by atoms with E-state index in [1.165, 1.54) is 5.56 Å². The summed E-state index contributed by atoms with van der Waals surface area (Å²) in [7, 11) is 1.93. The lowest BCUT2D eigenvalue weighted by molar-refractivity contribution is 0.677. The van der Waals surface area contributed by atoms with E-state index in [4.69, 9.17) is 11.6 Å². The third-order valence-corrected chi connectivity index (χ3v) is 3.94. The van der Waals surface area contributed by atoms with Crippen LogP contribution < -0.4 is 5.32 Å². The van der Waals surface area contributed by atoms with Gasteiger partial charge in [0.15, 0.2) is 0 Å². The molecule has 0 bridgehead atoms. The maximum absolute atomic E-state index is 6.16. The predicted octanol–water partition coefficient (Wildman–Crippen LogP) is 3.41. The summed E-state index contributed by atoms with van der Waals surface area (Å²) >= 11 is 7.81. The number of aryl methyl sites for hydroxylation is 1. The fourth-order valence-electron chi connectivity index (χ4n) is 1.70. The molecule has 4 heteroatoms. The van der Waals surface area contributed by atoms with Crippen LogP contribution in [0.1, 0.15) is 22.2 Å². The Hall–Kier alpha value is -0.900. The molecule has 2 aromatic rings. The molecule has 1 atom stereocenters. The van der Waals surface area contributed by atoms with Crippen LogP contribution >= 0.6 is 22.9 Å². The Morgan fingerprint density at radius 1 is 1.44 bits per heavy atom. The molecule has 1 unspecified atom stereocenters. The van der Waals surface area contributed by atoms with Crippen molar-refractivity contribution in [1.29, 1.82) is 0 Å². The maximum Gasteiger partial charge on any atom is 0.0860 e. The highest BCUT2D eigenvalue weighted by atomic mass is 35.5. The molecule has 16 heavy (non-hydrogen) atoms. The van der Waals surface area contributed by atoms with Crippen LogP contribution in [0.5, 0.6) is 0 Å². The van der Waals surface area contributed by atoms with Crippen LogP contribution in [0.4, 0.5) is 0 Å². The number of aromatic nitrogens is 1. The second-order valence-electron chi connectivity index (χ2n) is 3.56. The Kier molecular flexibility index (Phi) is 3.59. The van der Waals surface area contributed by atoms with E-state index in [2.05, 4.69) is 23.3 Å². The van der Waals surface area contributed by atoms with Gasteiger partial charge in [-0.1, -0.05) is 17.7 Å². The summed E-state index contributed by atoms with van der Waals surface area (Å²) in [6.07, 6.45) is 1.81. The van der Waals surface area contributed by atoms with Crippen molar-refractivity contribution in [1.82, 2.24) is 10.3 Å². The van der Waals surface area contributed by atoms with E-state index in [0.29, 0.717) is 0 Å². The van der Waals surface area contributed by atoms with Gasteiger partial charge >= 0.3 is 0 Å². The van der Waals surface area contributed by atoms with Crippen molar-refractivity contribution < 1.29 is 0 Å². The Bertz CT molecular complexity index is 481. The molecule has 0 radical (unpaired) electrons. The normalized spacial score (nSPS) is 12.7. The number of pyridine rings is 1. The van der Waals surface area contributed by atoms with Gasteiger partial charge in [0.25, 0.3) is 0 Å². The summed E-state index contributed by atoms with van der Waals surface area (Å²) in [5.41, 5.74) is 2.21. The number of rotatable bonds is 3. The monoisotopic (exact) mass is 252 g/mol. The van der Waals surface area contributed by atoms with Gasteiger partial charge in [-0.15, -0.1) is 11.3 Å². The molecule has 2 heterocycles. The molecule has 0 spiro atoms. The second-order valence-corrected chi connectivity index (χ2v) is 4.91. The lowest BCUT2D eigenvalue weighted by Gasteiger charge is -2.16. The fraction of sp³-hybridized carbons (Fsp3) is 0.250. The third-order valence-electron chi connectivity index (χ3n) is 2.52. The lowest BCUT2D eigenvalue weighted by Crippen LogP contribution is -2.19. The standard InChI is InChI=1S/C12H13ClN2S/c1-8-4-3-6-15-10(8)11(14-2)12-9(13)5-7-16-12/h3-7,11,14H,1-2H3. The molecule has 0 aliphatic heterocycles. The van der Waals surface area contributed by atoms with Gasteiger partial charge in [0.2, 0.25) is 0 Å². The molecular formula is C12H13ClN2S. The Balaban J connectivity index is 2.45. The van der Waals surface area contributed by atoms with Crippen LogP contribution in [0.15, 0.2) is 29.8 Å². The molecule has 1 N–H and O–H groups in total. The molecule has 2 rings (SSSR count). The van der Waals surface area contributed by atoms with Crippen LogP contribution in [0.25, 0.3) is 0 Å². The van der Waals surface area contributed by atoms with E-state index >= 15 is 0 Å². The molecule has 0 aromatic carbocycles. The summed E-state index contributed by atoms with van der Waals surface area (Å²) in [4.78, 5) is 5.55. The highest BCUT2D eigenvalue weighted by Gasteiger charge is 2.19. The lowest BCUT2D eigenvalue weighted by atomic mass is 10.1. The van der Waals surface area contributed by atoms with Crippen molar-refractivity contribution in [3.05, 3.63) is 50.9 Å². The van der Waals surface area contributed by atoms with Crippen molar-refractivity contribution >= 4 is 22.9 Å². The zero-order valence-electron chi connectivity index (χ0n) is 9.20. The molecule has 0 saturated heterocycles. The second kappa shape index (κ2) is 4.95. The summed E-state index contributed by atoms with van der Waals surface area (Å²) in [5.74, 6) is 0. The highest BCUT2D eigenvalue weighted by Crippen LogP contribution is 2.32. The molecule has 0 fully saturated rings. The first-order valence-corrected chi connectivity index (χ1v) is 6.31. The van der Waals surface area contributed by atoms with Crippen LogP contribution in [0.3, 0.4) is 0 Å². The van der Waals surface area contributed by atoms with Gasteiger partial charge < -0.3 is 5.32 Å². The molecule has 2 aromatic heterocycles. The first-order chi connectivity index (χ1) is 7.74. The van der Waals surface area contributed by atoms with Gasteiger partial charge in [-0.05, 0) is 37.0 Å². The zero-order chi connectivity index (χ0) is 11.5. The smallest absolute Gasteiger partial charge is 0.0860 e. The summed E-state index contributed by atoms with van der Waals surface area (Å²) in [6.45, 7) is 2.06. The minimum atomic E-state index is 0.0775. The largest absolute Gasteiger partial charge is 0.307 e. The van der Waals surface area contributed by atoms with Crippen molar-refractivity contribution in [2.24, 2.45) is 0 Å². The quantitative estimate of drug-likeness (QED) is 0.906. The SMILES string of the molecule is CNC(c1ncccc1C)c1sccc1Cl.